The molecule has 62 valence electrons. The fourth-order valence-corrected chi connectivity index (χ4v) is 0.767. The molecule has 1 rings (SSSR count). The summed E-state index contributed by atoms with van der Waals surface area (Å²) in [5.41, 5.74) is 0.365. The first kappa shape index (κ1) is 8.87. The molecule has 0 aliphatic heterocycles. The smallest absolute Gasteiger partial charge is 0.232 e. The molecule has 0 aliphatic rings. The number of hydrogen-bond donors (Lipinski definition) is 0. The van der Waals surface area contributed by atoms with Crippen LogP contribution in [0, 0.1) is 5.95 Å². The number of rotatable bonds is 2. The van der Waals surface area contributed by atoms with Crippen LogP contribution in [0.5, 0.6) is 0 Å². The summed E-state index contributed by atoms with van der Waals surface area (Å²) in [6.45, 7) is 0. The lowest BCUT2D eigenvalue weighted by Gasteiger charge is -1.93. The molecule has 12 heavy (non-hydrogen) atoms. The quantitative estimate of drug-likeness (QED) is 0.401. The van der Waals surface area contributed by atoms with Crippen molar-refractivity contribution >= 4 is 24.0 Å². The number of aldehydes is 1. The average molecular weight is 186 g/mol. The van der Waals surface area contributed by atoms with Crippen molar-refractivity contribution in [1.29, 1.82) is 0 Å². The van der Waals surface area contributed by atoms with Crippen molar-refractivity contribution in [3.05, 3.63) is 34.9 Å². The lowest BCUT2D eigenvalue weighted by atomic mass is 10.3. The summed E-state index contributed by atoms with van der Waals surface area (Å²) in [5.74, 6) is -0.732. The first-order valence-electron chi connectivity index (χ1n) is 3.18. The van der Waals surface area contributed by atoms with Gasteiger partial charge in [0.15, 0.2) is 0 Å². The summed E-state index contributed by atoms with van der Waals surface area (Å²) in [4.78, 5) is 13.4. The number of carbonyl (C=O) groups is 1. The van der Waals surface area contributed by atoms with E-state index in [1.54, 1.807) is 0 Å². The van der Waals surface area contributed by atoms with E-state index < -0.39 is 5.95 Å². The summed E-state index contributed by atoms with van der Waals surface area (Å²) in [5, 5.41) is -0.0294. The zero-order chi connectivity index (χ0) is 8.97. The molecule has 2 nitrogen and oxygen atoms in total. The Kier molecular flexibility index (Phi) is 2.94. The third kappa shape index (κ3) is 2.13. The maximum atomic E-state index is 12.6. The van der Waals surface area contributed by atoms with Crippen molar-refractivity contribution in [3.63, 3.8) is 0 Å². The van der Waals surface area contributed by atoms with Crippen LogP contribution in [0.15, 0.2) is 18.2 Å². The molecule has 0 bridgehead atoms. The molecule has 0 saturated heterocycles. The minimum Gasteiger partial charge on any atom is -0.299 e. The molecule has 1 aromatic heterocycles. The second-order valence-electron chi connectivity index (χ2n) is 2.00. The summed E-state index contributed by atoms with van der Waals surface area (Å²) < 4.78 is 12.6. The Labute approximate surface area is 73.7 Å². The molecule has 0 spiro atoms. The van der Waals surface area contributed by atoms with Gasteiger partial charge in [0.25, 0.3) is 0 Å². The maximum Gasteiger partial charge on any atom is 0.232 e. The predicted molar refractivity (Wildman–Crippen MR) is 44.3 cm³/mol. The van der Waals surface area contributed by atoms with E-state index in [2.05, 4.69) is 4.98 Å². The van der Waals surface area contributed by atoms with Crippen molar-refractivity contribution in [3.8, 4) is 0 Å². The molecule has 0 N–H and O–H groups in total. The highest BCUT2D eigenvalue weighted by Gasteiger charge is 1.99. The highest BCUT2D eigenvalue weighted by molar-refractivity contribution is 6.30. The second-order valence-corrected chi connectivity index (χ2v) is 2.41. The molecular weight excluding hydrogens is 181 g/mol. The number of nitrogens with zero attached hydrogens (tertiary/aromatic N) is 1. The van der Waals surface area contributed by atoms with Crippen molar-refractivity contribution in [2.24, 2.45) is 0 Å². The van der Waals surface area contributed by atoms with Gasteiger partial charge in [-0.05, 0) is 24.3 Å². The lowest BCUT2D eigenvalue weighted by Crippen LogP contribution is -1.86. The van der Waals surface area contributed by atoms with Crippen LogP contribution in [-0.2, 0) is 4.79 Å². The van der Waals surface area contributed by atoms with Crippen LogP contribution in [0.4, 0.5) is 4.39 Å². The first-order chi connectivity index (χ1) is 5.74. The maximum absolute atomic E-state index is 12.6. The van der Waals surface area contributed by atoms with Gasteiger partial charge in [-0.25, -0.2) is 4.98 Å². The Balaban J connectivity index is 2.96. The Hall–Kier alpha value is -1.22. The Bertz CT molecular complexity index is 325. The number of allylic oxidation sites excluding steroid dienone is 1. The predicted octanol–water partition coefficient (Wildman–Crippen LogP) is 2.09. The summed E-state index contributed by atoms with van der Waals surface area (Å²) in [7, 11) is 0. The van der Waals surface area contributed by atoms with Crippen LogP contribution in [0.3, 0.4) is 0 Å². The van der Waals surface area contributed by atoms with E-state index in [0.717, 1.165) is 0 Å². The van der Waals surface area contributed by atoms with Gasteiger partial charge in [0.2, 0.25) is 5.95 Å². The van der Waals surface area contributed by atoms with Gasteiger partial charge >= 0.3 is 0 Å². The highest BCUT2D eigenvalue weighted by atomic mass is 35.5. The standard InChI is InChI=1S/C8H5ClFNO/c9-7-4-3-6(2-1-5-12)11-8(7)10/h1-5H/b2-1+. The van der Waals surface area contributed by atoms with Crippen LogP contribution in [0.2, 0.25) is 5.02 Å². The number of aromatic nitrogens is 1. The number of hydrogen-bond acceptors (Lipinski definition) is 2. The van der Waals surface area contributed by atoms with E-state index in [-0.39, 0.29) is 5.02 Å². The first-order valence-corrected chi connectivity index (χ1v) is 3.55. The topological polar surface area (TPSA) is 30.0 Å². The molecule has 0 amide bonds. The lowest BCUT2D eigenvalue weighted by molar-refractivity contribution is -0.104. The van der Waals surface area contributed by atoms with Gasteiger partial charge in [-0.3, -0.25) is 4.79 Å². The largest absolute Gasteiger partial charge is 0.299 e. The van der Waals surface area contributed by atoms with Crippen LogP contribution in [0.1, 0.15) is 5.69 Å². The second kappa shape index (κ2) is 3.97. The van der Waals surface area contributed by atoms with Gasteiger partial charge in [0, 0.05) is 0 Å². The van der Waals surface area contributed by atoms with Gasteiger partial charge < -0.3 is 0 Å². The molecular formula is C8H5ClFNO. The van der Waals surface area contributed by atoms with Crippen molar-refractivity contribution < 1.29 is 9.18 Å². The molecule has 4 heteroatoms. The monoisotopic (exact) mass is 185 g/mol. The highest BCUT2D eigenvalue weighted by Crippen LogP contribution is 2.12. The third-order valence-electron chi connectivity index (χ3n) is 1.17. The summed E-state index contributed by atoms with van der Waals surface area (Å²) in [6.07, 6.45) is 3.22. The molecule has 0 aliphatic carbocycles. The van der Waals surface area contributed by atoms with E-state index >= 15 is 0 Å². The molecule has 1 heterocycles. The summed E-state index contributed by atoms with van der Waals surface area (Å²) in [6, 6.07) is 2.90. The molecule has 0 saturated carbocycles. The van der Waals surface area contributed by atoms with Gasteiger partial charge in [-0.2, -0.15) is 4.39 Å². The molecule has 0 unspecified atom stereocenters. The summed E-state index contributed by atoms with van der Waals surface area (Å²) >= 11 is 5.38. The van der Waals surface area contributed by atoms with E-state index in [1.165, 1.54) is 24.3 Å². The Morgan fingerprint density at radius 2 is 2.25 bits per heavy atom. The molecule has 0 fully saturated rings. The minimum atomic E-state index is -0.732. The van der Waals surface area contributed by atoms with Crippen molar-refractivity contribution in [1.82, 2.24) is 4.98 Å². The normalized spacial score (nSPS) is 10.5. The van der Waals surface area contributed by atoms with Gasteiger partial charge in [0.1, 0.15) is 6.29 Å². The zero-order valence-corrected chi connectivity index (χ0v) is 6.75. The van der Waals surface area contributed by atoms with Crippen LogP contribution >= 0.6 is 11.6 Å². The fraction of sp³-hybridized carbons (Fsp3) is 0. The SMILES string of the molecule is O=C/C=C/c1ccc(Cl)c(F)n1. The number of carbonyl (C=O) groups excluding carboxylic acids is 1. The van der Waals surface area contributed by atoms with E-state index in [0.29, 0.717) is 12.0 Å². The van der Waals surface area contributed by atoms with Crippen LogP contribution in [0.25, 0.3) is 6.08 Å². The van der Waals surface area contributed by atoms with Crippen LogP contribution in [-0.4, -0.2) is 11.3 Å². The van der Waals surface area contributed by atoms with E-state index in [1.807, 2.05) is 0 Å². The molecule has 0 radical (unpaired) electrons. The number of pyridine rings is 1. The van der Waals surface area contributed by atoms with Gasteiger partial charge in [-0.15, -0.1) is 0 Å². The van der Waals surface area contributed by atoms with Crippen molar-refractivity contribution in [2.75, 3.05) is 0 Å². The van der Waals surface area contributed by atoms with Gasteiger partial charge in [-0.1, -0.05) is 11.6 Å². The fourth-order valence-electron chi connectivity index (χ4n) is 0.662. The Morgan fingerprint density at radius 3 is 2.83 bits per heavy atom. The van der Waals surface area contributed by atoms with Crippen LogP contribution < -0.4 is 0 Å². The third-order valence-corrected chi connectivity index (χ3v) is 1.45. The van der Waals surface area contributed by atoms with Gasteiger partial charge in [0.05, 0.1) is 10.7 Å². The van der Waals surface area contributed by atoms with E-state index in [9.17, 15) is 9.18 Å². The molecule has 0 atom stereocenters. The Morgan fingerprint density at radius 1 is 1.50 bits per heavy atom. The average Bonchev–Trinajstić information content (AvgIpc) is 2.07. The number of halogens is 2. The van der Waals surface area contributed by atoms with E-state index in [4.69, 9.17) is 11.6 Å². The minimum absolute atomic E-state index is 0.0294. The zero-order valence-electron chi connectivity index (χ0n) is 6.00. The molecule has 1 aromatic rings. The molecule has 0 aromatic carbocycles. The van der Waals surface area contributed by atoms with Crippen molar-refractivity contribution in [2.45, 2.75) is 0 Å².